The van der Waals surface area contributed by atoms with E-state index < -0.39 is 17.0 Å². The lowest BCUT2D eigenvalue weighted by Gasteiger charge is -2.17. The molecule has 0 bridgehead atoms. The highest BCUT2D eigenvalue weighted by atomic mass is 16.6. The number of benzene rings is 1. The number of nitrogens with zero attached hydrogens (tertiary/aromatic N) is 1. The van der Waals surface area contributed by atoms with Crippen LogP contribution in [0.5, 0.6) is 5.75 Å². The predicted octanol–water partition coefficient (Wildman–Crippen LogP) is 2.08. The Balaban J connectivity index is 3.01. The van der Waals surface area contributed by atoms with Gasteiger partial charge < -0.3 is 9.84 Å². The van der Waals surface area contributed by atoms with Crippen molar-refractivity contribution in [1.82, 2.24) is 0 Å². The summed E-state index contributed by atoms with van der Waals surface area (Å²) in [6, 6.07) is 5.71. The number of carboxylic acid groups (broad SMARTS) is 1. The van der Waals surface area contributed by atoms with Gasteiger partial charge in [-0.2, -0.15) is 0 Å². The van der Waals surface area contributed by atoms with Gasteiger partial charge in [-0.25, -0.2) is 4.79 Å². The Labute approximate surface area is 98.0 Å². The Kier molecular flexibility index (Phi) is 4.03. The molecule has 17 heavy (non-hydrogen) atoms. The fraction of sp³-hybridized carbons (Fsp3) is 0.364. The third kappa shape index (κ3) is 3.17. The molecule has 0 heterocycles. The molecule has 6 heteroatoms. The molecule has 6 nitrogen and oxygen atoms in total. The molecule has 1 aromatic carbocycles. The molecule has 1 N–H and O–H groups in total. The van der Waals surface area contributed by atoms with Gasteiger partial charge in [0.25, 0.3) is 0 Å². The number of nitro groups is 1. The van der Waals surface area contributed by atoms with E-state index in [4.69, 9.17) is 9.84 Å². The number of carbonyl (C=O) groups is 1. The summed E-state index contributed by atoms with van der Waals surface area (Å²) in [4.78, 5) is 21.1. The van der Waals surface area contributed by atoms with Crippen LogP contribution < -0.4 is 4.74 Å². The summed E-state index contributed by atoms with van der Waals surface area (Å²) < 4.78 is 5.19. The van der Waals surface area contributed by atoms with E-state index in [1.807, 2.05) is 0 Å². The highest BCUT2D eigenvalue weighted by Crippen LogP contribution is 2.28. The maximum Gasteiger partial charge on any atom is 0.345 e. The third-order valence-corrected chi connectivity index (χ3v) is 2.16. The molecule has 1 rings (SSSR count). The van der Waals surface area contributed by atoms with Crippen molar-refractivity contribution in [1.29, 1.82) is 0 Å². The fourth-order valence-electron chi connectivity index (χ4n) is 1.32. The number of rotatable bonds is 5. The molecule has 1 unspecified atom stereocenters. The zero-order valence-electron chi connectivity index (χ0n) is 9.49. The van der Waals surface area contributed by atoms with Gasteiger partial charge in [-0.15, -0.1) is 0 Å². The van der Waals surface area contributed by atoms with E-state index in [1.165, 1.54) is 18.2 Å². The van der Waals surface area contributed by atoms with Gasteiger partial charge in [-0.1, -0.05) is 26.0 Å². The lowest BCUT2D eigenvalue weighted by atomic mass is 10.1. The van der Waals surface area contributed by atoms with Crippen molar-refractivity contribution < 1.29 is 19.6 Å². The number of nitro benzene ring substituents is 1. The Bertz CT molecular complexity index is 430. The Morgan fingerprint density at radius 3 is 2.47 bits per heavy atom. The predicted molar refractivity (Wildman–Crippen MR) is 60.0 cm³/mol. The largest absolute Gasteiger partial charge is 0.478 e. The van der Waals surface area contributed by atoms with Crippen molar-refractivity contribution in [3.8, 4) is 5.75 Å². The topological polar surface area (TPSA) is 89.7 Å². The number of hydrogen-bond donors (Lipinski definition) is 1. The van der Waals surface area contributed by atoms with Crippen LogP contribution in [0.15, 0.2) is 24.3 Å². The van der Waals surface area contributed by atoms with E-state index in [9.17, 15) is 14.9 Å². The Morgan fingerprint density at radius 1 is 1.41 bits per heavy atom. The maximum absolute atomic E-state index is 10.9. The van der Waals surface area contributed by atoms with E-state index in [1.54, 1.807) is 19.9 Å². The van der Waals surface area contributed by atoms with Crippen molar-refractivity contribution >= 4 is 11.7 Å². The molecule has 0 saturated carbocycles. The van der Waals surface area contributed by atoms with Crippen LogP contribution in [0, 0.1) is 16.0 Å². The quantitative estimate of drug-likeness (QED) is 0.627. The normalized spacial score (nSPS) is 12.2. The maximum atomic E-state index is 10.9. The first-order valence-corrected chi connectivity index (χ1v) is 5.06. The van der Waals surface area contributed by atoms with Crippen LogP contribution in [-0.4, -0.2) is 22.1 Å². The zero-order valence-corrected chi connectivity index (χ0v) is 9.49. The first kappa shape index (κ1) is 13.0. The average molecular weight is 239 g/mol. The molecule has 0 fully saturated rings. The summed E-state index contributed by atoms with van der Waals surface area (Å²) in [6.45, 7) is 3.35. The second-order valence-corrected chi connectivity index (χ2v) is 3.85. The van der Waals surface area contributed by atoms with E-state index in [0.717, 1.165) is 0 Å². The number of hydrogen-bond acceptors (Lipinski definition) is 4. The van der Waals surface area contributed by atoms with E-state index in [0.29, 0.717) is 0 Å². The molecule has 1 aromatic rings. The van der Waals surface area contributed by atoms with E-state index in [-0.39, 0.29) is 17.4 Å². The summed E-state index contributed by atoms with van der Waals surface area (Å²) in [5, 5.41) is 19.7. The van der Waals surface area contributed by atoms with Crippen LogP contribution in [0.1, 0.15) is 13.8 Å². The fourth-order valence-corrected chi connectivity index (χ4v) is 1.32. The first-order valence-electron chi connectivity index (χ1n) is 5.06. The van der Waals surface area contributed by atoms with Crippen molar-refractivity contribution in [3.05, 3.63) is 34.4 Å². The molecule has 0 spiro atoms. The van der Waals surface area contributed by atoms with Gasteiger partial charge in [0, 0.05) is 12.0 Å². The van der Waals surface area contributed by atoms with Crippen molar-refractivity contribution in [3.63, 3.8) is 0 Å². The third-order valence-electron chi connectivity index (χ3n) is 2.16. The number of aliphatic carboxylic acids is 1. The second-order valence-electron chi connectivity index (χ2n) is 3.85. The number of carboxylic acids is 1. The molecule has 0 aliphatic heterocycles. The smallest absolute Gasteiger partial charge is 0.345 e. The molecule has 0 amide bonds. The summed E-state index contributed by atoms with van der Waals surface area (Å²) >= 11 is 0. The molecule has 92 valence electrons. The van der Waals surface area contributed by atoms with Crippen LogP contribution in [-0.2, 0) is 4.79 Å². The van der Waals surface area contributed by atoms with Crippen LogP contribution in [0.2, 0.25) is 0 Å². The lowest BCUT2D eigenvalue weighted by Crippen LogP contribution is -2.32. The molecule has 0 aliphatic carbocycles. The number of ether oxygens (including phenoxy) is 1. The molecule has 1 atom stereocenters. The summed E-state index contributed by atoms with van der Waals surface area (Å²) in [7, 11) is 0. The Morgan fingerprint density at radius 2 is 2.00 bits per heavy atom. The van der Waals surface area contributed by atoms with Crippen molar-refractivity contribution in [2.75, 3.05) is 0 Å². The van der Waals surface area contributed by atoms with Gasteiger partial charge in [0.15, 0.2) is 11.9 Å². The number of para-hydroxylation sites is 2. The van der Waals surface area contributed by atoms with Crippen LogP contribution in [0.4, 0.5) is 5.69 Å². The minimum Gasteiger partial charge on any atom is -0.478 e. The molecule has 0 aliphatic rings. The molecule has 0 aromatic heterocycles. The van der Waals surface area contributed by atoms with Crippen LogP contribution >= 0.6 is 0 Å². The van der Waals surface area contributed by atoms with Crippen molar-refractivity contribution in [2.24, 2.45) is 5.92 Å². The first-order chi connectivity index (χ1) is 7.93. The standard InChI is InChI=1S/C11H13NO5/c1-7(2)10(11(13)14)17-9-6-4-3-5-8(9)12(15)16/h3-7,10H,1-2H3,(H,13,14). The average Bonchev–Trinajstić information content (AvgIpc) is 2.25. The van der Waals surface area contributed by atoms with Gasteiger partial charge in [0.1, 0.15) is 0 Å². The summed E-state index contributed by atoms with van der Waals surface area (Å²) in [5.41, 5.74) is -0.237. The van der Waals surface area contributed by atoms with E-state index >= 15 is 0 Å². The highest BCUT2D eigenvalue weighted by molar-refractivity contribution is 5.73. The molecular formula is C11H13NO5. The summed E-state index contributed by atoms with van der Waals surface area (Å²) in [6.07, 6.45) is -1.10. The van der Waals surface area contributed by atoms with Gasteiger partial charge in [-0.05, 0) is 6.07 Å². The van der Waals surface area contributed by atoms with Crippen LogP contribution in [0.3, 0.4) is 0 Å². The van der Waals surface area contributed by atoms with Crippen LogP contribution in [0.25, 0.3) is 0 Å². The monoisotopic (exact) mass is 239 g/mol. The lowest BCUT2D eigenvalue weighted by molar-refractivity contribution is -0.386. The molecule has 0 radical (unpaired) electrons. The molecule has 0 saturated heterocycles. The minimum absolute atomic E-state index is 0.0291. The Hall–Kier alpha value is -2.11. The SMILES string of the molecule is CC(C)C(Oc1ccccc1[N+](=O)[O-])C(=O)O. The van der Waals surface area contributed by atoms with Crippen molar-refractivity contribution in [2.45, 2.75) is 20.0 Å². The van der Waals surface area contributed by atoms with E-state index in [2.05, 4.69) is 0 Å². The highest BCUT2D eigenvalue weighted by Gasteiger charge is 2.26. The van der Waals surface area contributed by atoms with Gasteiger partial charge in [-0.3, -0.25) is 10.1 Å². The second kappa shape index (κ2) is 5.29. The minimum atomic E-state index is -1.14. The summed E-state index contributed by atoms with van der Waals surface area (Å²) in [5.74, 6) is -1.45. The van der Waals surface area contributed by atoms with Gasteiger partial charge in [0.05, 0.1) is 4.92 Å². The van der Waals surface area contributed by atoms with Gasteiger partial charge in [0.2, 0.25) is 0 Å². The molecular weight excluding hydrogens is 226 g/mol. The van der Waals surface area contributed by atoms with Gasteiger partial charge >= 0.3 is 11.7 Å². The zero-order chi connectivity index (χ0) is 13.0.